The van der Waals surface area contributed by atoms with Crippen molar-refractivity contribution in [3.8, 4) is 5.69 Å². The molecule has 1 heterocycles. The molecule has 2 aromatic rings. The Kier molecular flexibility index (Phi) is 2.66. The molecule has 0 spiro atoms. The summed E-state index contributed by atoms with van der Waals surface area (Å²) in [6.45, 7) is 0.0571. The fourth-order valence-corrected chi connectivity index (χ4v) is 1.50. The minimum absolute atomic E-state index is 0.0549. The number of nitrogens with zero attached hydrogens (tertiary/aromatic N) is 3. The van der Waals surface area contributed by atoms with Crippen molar-refractivity contribution in [1.82, 2.24) is 14.8 Å². The van der Waals surface area contributed by atoms with E-state index in [1.165, 1.54) is 23.4 Å². The summed E-state index contributed by atoms with van der Waals surface area (Å²) >= 11 is 5.65. The van der Waals surface area contributed by atoms with Gasteiger partial charge >= 0.3 is 0 Å². The molecule has 2 rings (SSSR count). The van der Waals surface area contributed by atoms with Crippen molar-refractivity contribution in [3.05, 3.63) is 41.2 Å². The molecule has 1 aromatic heterocycles. The molecule has 0 saturated heterocycles. The van der Waals surface area contributed by atoms with E-state index in [9.17, 15) is 4.39 Å². The Hall–Kier alpha value is -1.46. The van der Waals surface area contributed by atoms with E-state index in [0.717, 1.165) is 0 Å². The zero-order valence-corrected chi connectivity index (χ0v) is 8.45. The average Bonchev–Trinajstić information content (AvgIpc) is 2.75. The van der Waals surface area contributed by atoms with Crippen molar-refractivity contribution in [3.63, 3.8) is 0 Å². The third-order valence-corrected chi connectivity index (χ3v) is 2.33. The molecule has 6 heteroatoms. The largest absolute Gasteiger partial charge is 0.326 e. The molecule has 0 unspecified atom stereocenters. The van der Waals surface area contributed by atoms with Gasteiger partial charge in [-0.1, -0.05) is 11.6 Å². The molecule has 0 fully saturated rings. The lowest BCUT2D eigenvalue weighted by atomic mass is 10.1. The molecule has 2 N–H and O–H groups in total. The summed E-state index contributed by atoms with van der Waals surface area (Å²) < 4.78 is 15.0. The first kappa shape index (κ1) is 10.1. The topological polar surface area (TPSA) is 56.7 Å². The third kappa shape index (κ3) is 1.71. The molecule has 0 aliphatic carbocycles. The van der Waals surface area contributed by atoms with Crippen LogP contribution in [0.5, 0.6) is 0 Å². The van der Waals surface area contributed by atoms with E-state index < -0.39 is 5.82 Å². The van der Waals surface area contributed by atoms with Crippen LogP contribution < -0.4 is 5.73 Å². The van der Waals surface area contributed by atoms with Crippen molar-refractivity contribution < 1.29 is 4.39 Å². The van der Waals surface area contributed by atoms with Crippen molar-refractivity contribution in [2.24, 2.45) is 5.73 Å². The Morgan fingerprint density at radius 3 is 2.87 bits per heavy atom. The van der Waals surface area contributed by atoms with Gasteiger partial charge in [0.05, 0.1) is 10.7 Å². The Labute approximate surface area is 90.5 Å². The van der Waals surface area contributed by atoms with Crippen LogP contribution >= 0.6 is 11.6 Å². The molecule has 15 heavy (non-hydrogen) atoms. The summed E-state index contributed by atoms with van der Waals surface area (Å²) in [7, 11) is 0. The van der Waals surface area contributed by atoms with Crippen LogP contribution in [-0.2, 0) is 6.54 Å². The van der Waals surface area contributed by atoms with Gasteiger partial charge in [-0.05, 0) is 12.1 Å². The second-order valence-electron chi connectivity index (χ2n) is 2.90. The van der Waals surface area contributed by atoms with Gasteiger partial charge in [0, 0.05) is 12.1 Å². The maximum atomic E-state index is 13.6. The van der Waals surface area contributed by atoms with E-state index in [1.54, 1.807) is 6.07 Å². The van der Waals surface area contributed by atoms with E-state index in [1.807, 2.05) is 0 Å². The number of benzene rings is 1. The molecule has 0 radical (unpaired) electrons. The van der Waals surface area contributed by atoms with Gasteiger partial charge in [-0.25, -0.2) is 14.1 Å². The number of rotatable bonds is 2. The van der Waals surface area contributed by atoms with Crippen molar-refractivity contribution in [2.75, 3.05) is 0 Å². The first-order valence-electron chi connectivity index (χ1n) is 4.26. The lowest BCUT2D eigenvalue weighted by Crippen LogP contribution is -2.08. The fourth-order valence-electron chi connectivity index (χ4n) is 1.32. The van der Waals surface area contributed by atoms with E-state index in [4.69, 9.17) is 17.3 Å². The molecule has 78 valence electrons. The Balaban J connectivity index is 2.62. The average molecular weight is 227 g/mol. The van der Waals surface area contributed by atoms with Crippen molar-refractivity contribution in [1.29, 1.82) is 0 Å². The number of hydrogen-bond acceptors (Lipinski definition) is 3. The van der Waals surface area contributed by atoms with Gasteiger partial charge in [-0.3, -0.25) is 0 Å². The van der Waals surface area contributed by atoms with Gasteiger partial charge in [0.2, 0.25) is 0 Å². The zero-order chi connectivity index (χ0) is 10.8. The third-order valence-electron chi connectivity index (χ3n) is 2.04. The normalized spacial score (nSPS) is 10.6. The van der Waals surface area contributed by atoms with E-state index >= 15 is 0 Å². The SMILES string of the molecule is NCc1c(-n2cncn2)ccc(Cl)c1F. The van der Waals surface area contributed by atoms with E-state index in [2.05, 4.69) is 10.1 Å². The maximum absolute atomic E-state index is 13.6. The Morgan fingerprint density at radius 1 is 1.47 bits per heavy atom. The summed E-state index contributed by atoms with van der Waals surface area (Å²) in [5.41, 5.74) is 6.35. The van der Waals surface area contributed by atoms with Crippen LogP contribution in [0.4, 0.5) is 4.39 Å². The summed E-state index contributed by atoms with van der Waals surface area (Å²) in [4.78, 5) is 3.78. The van der Waals surface area contributed by atoms with Gasteiger partial charge in [0.25, 0.3) is 0 Å². The first-order chi connectivity index (χ1) is 7.24. The fraction of sp³-hybridized carbons (Fsp3) is 0.111. The quantitative estimate of drug-likeness (QED) is 0.845. The van der Waals surface area contributed by atoms with Gasteiger partial charge in [0.15, 0.2) is 0 Å². The Morgan fingerprint density at radius 2 is 2.27 bits per heavy atom. The van der Waals surface area contributed by atoms with Crippen molar-refractivity contribution >= 4 is 11.6 Å². The minimum atomic E-state index is -0.507. The van der Waals surface area contributed by atoms with Crippen LogP contribution in [-0.4, -0.2) is 14.8 Å². The smallest absolute Gasteiger partial charge is 0.148 e. The summed E-state index contributed by atoms with van der Waals surface area (Å²) in [6, 6.07) is 3.12. The van der Waals surface area contributed by atoms with Gasteiger partial charge < -0.3 is 5.73 Å². The number of halogens is 2. The number of aromatic nitrogens is 3. The zero-order valence-electron chi connectivity index (χ0n) is 7.69. The molecule has 0 amide bonds. The van der Waals surface area contributed by atoms with Gasteiger partial charge in [-0.15, -0.1) is 0 Å². The van der Waals surface area contributed by atoms with E-state index in [-0.39, 0.29) is 11.6 Å². The molecule has 0 saturated carbocycles. The first-order valence-corrected chi connectivity index (χ1v) is 4.63. The van der Waals surface area contributed by atoms with Crippen LogP contribution in [0.25, 0.3) is 5.69 Å². The number of hydrogen-bond donors (Lipinski definition) is 1. The molecule has 0 aliphatic rings. The van der Waals surface area contributed by atoms with Crippen molar-refractivity contribution in [2.45, 2.75) is 6.54 Å². The lowest BCUT2D eigenvalue weighted by Gasteiger charge is -2.09. The monoisotopic (exact) mass is 226 g/mol. The highest BCUT2D eigenvalue weighted by atomic mass is 35.5. The van der Waals surface area contributed by atoms with E-state index in [0.29, 0.717) is 11.3 Å². The second kappa shape index (κ2) is 3.96. The summed E-state index contributed by atoms with van der Waals surface area (Å²) in [6.07, 6.45) is 2.84. The molecular weight excluding hydrogens is 219 g/mol. The molecule has 0 bridgehead atoms. The van der Waals surface area contributed by atoms with Gasteiger partial charge in [0.1, 0.15) is 18.5 Å². The summed E-state index contributed by atoms with van der Waals surface area (Å²) in [5.74, 6) is -0.507. The van der Waals surface area contributed by atoms with Crippen LogP contribution in [0.2, 0.25) is 5.02 Å². The highest BCUT2D eigenvalue weighted by Crippen LogP contribution is 2.23. The summed E-state index contributed by atoms with van der Waals surface area (Å²) in [5, 5.41) is 3.96. The lowest BCUT2D eigenvalue weighted by molar-refractivity contribution is 0.607. The molecule has 4 nitrogen and oxygen atoms in total. The predicted octanol–water partition coefficient (Wildman–Crippen LogP) is 1.52. The molecule has 0 atom stereocenters. The van der Waals surface area contributed by atoms with Crippen LogP contribution in [0.1, 0.15) is 5.56 Å². The molecule has 0 aliphatic heterocycles. The standard InChI is InChI=1S/C9H8ClFN4/c10-7-1-2-8(6(3-12)9(7)11)15-5-13-4-14-15/h1-2,4-5H,3,12H2. The number of nitrogens with two attached hydrogens (primary N) is 1. The highest BCUT2D eigenvalue weighted by molar-refractivity contribution is 6.30. The second-order valence-corrected chi connectivity index (χ2v) is 3.31. The van der Waals surface area contributed by atoms with Crippen LogP contribution in [0, 0.1) is 5.82 Å². The van der Waals surface area contributed by atoms with Gasteiger partial charge in [-0.2, -0.15) is 5.10 Å². The molecule has 1 aromatic carbocycles. The maximum Gasteiger partial charge on any atom is 0.148 e. The van der Waals surface area contributed by atoms with Crippen LogP contribution in [0.15, 0.2) is 24.8 Å². The predicted molar refractivity (Wildman–Crippen MR) is 54.2 cm³/mol. The minimum Gasteiger partial charge on any atom is -0.326 e. The Bertz CT molecular complexity index is 469. The highest BCUT2D eigenvalue weighted by Gasteiger charge is 2.12. The van der Waals surface area contributed by atoms with Crippen LogP contribution in [0.3, 0.4) is 0 Å². The molecular formula is C9H8ClFN4.